The summed E-state index contributed by atoms with van der Waals surface area (Å²) in [6.45, 7) is 6.44. The quantitative estimate of drug-likeness (QED) is 0.188. The molecular formula is C18H29NO3S. The van der Waals surface area contributed by atoms with Gasteiger partial charge in [-0.3, -0.25) is 10.1 Å². The van der Waals surface area contributed by atoms with E-state index < -0.39 is 0 Å². The zero-order chi connectivity index (χ0) is 17.1. The van der Waals surface area contributed by atoms with E-state index in [1.54, 1.807) is 12.1 Å². The van der Waals surface area contributed by atoms with Crippen LogP contribution in [0.1, 0.15) is 72.1 Å². The largest absolute Gasteiger partial charge is 0.304 e. The van der Waals surface area contributed by atoms with Crippen molar-refractivity contribution in [3.05, 3.63) is 34.4 Å². The highest BCUT2D eigenvalue weighted by molar-refractivity contribution is 7.94. The second kappa shape index (κ2) is 10.7. The first-order valence-electron chi connectivity index (χ1n) is 8.55. The van der Waals surface area contributed by atoms with E-state index in [-0.39, 0.29) is 16.2 Å². The molecule has 0 aliphatic rings. The maximum atomic E-state index is 10.6. The summed E-state index contributed by atoms with van der Waals surface area (Å²) in [6.07, 6.45) is 10.1. The Kier molecular flexibility index (Phi) is 9.26. The van der Waals surface area contributed by atoms with Crippen LogP contribution in [-0.2, 0) is 4.18 Å². The molecule has 0 spiro atoms. The van der Waals surface area contributed by atoms with Crippen LogP contribution in [0.15, 0.2) is 29.2 Å². The first-order valence-corrected chi connectivity index (χ1v) is 9.29. The van der Waals surface area contributed by atoms with Crippen molar-refractivity contribution in [1.82, 2.24) is 0 Å². The Balaban J connectivity index is 2.22. The molecule has 1 aromatic carbocycles. The van der Waals surface area contributed by atoms with Gasteiger partial charge in [-0.1, -0.05) is 51.9 Å². The Labute approximate surface area is 144 Å². The molecule has 1 rings (SSSR count). The number of nitro benzene ring substituents is 1. The van der Waals surface area contributed by atoms with Crippen LogP contribution < -0.4 is 0 Å². The molecule has 4 nitrogen and oxygen atoms in total. The van der Waals surface area contributed by atoms with Gasteiger partial charge in [0.2, 0.25) is 0 Å². The molecule has 1 aromatic rings. The number of benzene rings is 1. The van der Waals surface area contributed by atoms with Crippen molar-refractivity contribution < 1.29 is 9.11 Å². The molecule has 0 radical (unpaired) electrons. The molecule has 0 aliphatic heterocycles. The van der Waals surface area contributed by atoms with E-state index in [0.29, 0.717) is 0 Å². The van der Waals surface area contributed by atoms with Crippen LogP contribution in [0.2, 0.25) is 0 Å². The normalized spacial score (nSPS) is 11.6. The van der Waals surface area contributed by atoms with Gasteiger partial charge >= 0.3 is 0 Å². The average Bonchev–Trinajstić information content (AvgIpc) is 2.52. The molecule has 23 heavy (non-hydrogen) atoms. The van der Waals surface area contributed by atoms with Crippen molar-refractivity contribution in [3.63, 3.8) is 0 Å². The highest BCUT2D eigenvalue weighted by Crippen LogP contribution is 2.30. The van der Waals surface area contributed by atoms with E-state index in [1.165, 1.54) is 69.1 Å². The number of nitro groups is 1. The third kappa shape index (κ3) is 8.96. The topological polar surface area (TPSA) is 52.4 Å². The molecule has 0 saturated carbocycles. The lowest BCUT2D eigenvalue weighted by Crippen LogP contribution is -2.20. The zero-order valence-electron chi connectivity index (χ0n) is 14.5. The minimum absolute atomic E-state index is 0.108. The lowest BCUT2D eigenvalue weighted by molar-refractivity contribution is -0.384. The summed E-state index contributed by atoms with van der Waals surface area (Å²) in [5.74, 6) is 0. The van der Waals surface area contributed by atoms with E-state index in [4.69, 9.17) is 4.18 Å². The van der Waals surface area contributed by atoms with E-state index in [0.717, 1.165) is 11.3 Å². The van der Waals surface area contributed by atoms with Gasteiger partial charge in [0.05, 0.1) is 10.5 Å². The van der Waals surface area contributed by atoms with E-state index in [1.807, 2.05) is 0 Å². The predicted octanol–water partition coefficient (Wildman–Crippen LogP) is 6.54. The maximum absolute atomic E-state index is 10.6. The summed E-state index contributed by atoms with van der Waals surface area (Å²) in [7, 11) is 0. The molecule has 0 saturated heterocycles. The summed E-state index contributed by atoms with van der Waals surface area (Å²) >= 11 is 1.30. The number of unbranched alkanes of at least 4 members (excludes halogenated alkanes) is 6. The fraction of sp³-hybridized carbons (Fsp3) is 0.667. The number of rotatable bonds is 12. The van der Waals surface area contributed by atoms with Crippen molar-refractivity contribution in [2.45, 2.75) is 82.6 Å². The van der Waals surface area contributed by atoms with Gasteiger partial charge < -0.3 is 4.18 Å². The number of nitrogens with zero attached hydrogens (tertiary/aromatic N) is 1. The Bertz CT molecular complexity index is 460. The van der Waals surface area contributed by atoms with E-state index in [9.17, 15) is 10.1 Å². The lowest BCUT2D eigenvalue weighted by Gasteiger charge is -2.23. The fourth-order valence-corrected chi connectivity index (χ4v) is 2.99. The molecule has 5 heteroatoms. The van der Waals surface area contributed by atoms with Gasteiger partial charge in [-0.15, -0.1) is 0 Å². The number of hydrogen-bond donors (Lipinski definition) is 0. The minimum atomic E-state index is -0.389. The second-order valence-electron chi connectivity index (χ2n) is 6.55. The van der Waals surface area contributed by atoms with Gasteiger partial charge in [0.15, 0.2) is 0 Å². The van der Waals surface area contributed by atoms with Crippen LogP contribution in [0.5, 0.6) is 0 Å². The summed E-state index contributed by atoms with van der Waals surface area (Å²) in [5, 5.41) is 10.6. The Morgan fingerprint density at radius 3 is 2.17 bits per heavy atom. The van der Waals surface area contributed by atoms with Gasteiger partial charge in [-0.2, -0.15) is 0 Å². The maximum Gasteiger partial charge on any atom is 0.269 e. The van der Waals surface area contributed by atoms with Gasteiger partial charge in [-0.25, -0.2) is 0 Å². The molecule has 130 valence electrons. The number of non-ortho nitro benzene ring substituents is 1. The third-order valence-corrected chi connectivity index (χ3v) is 4.79. The minimum Gasteiger partial charge on any atom is -0.304 e. The predicted molar refractivity (Wildman–Crippen MR) is 96.7 cm³/mol. The van der Waals surface area contributed by atoms with E-state index >= 15 is 0 Å². The van der Waals surface area contributed by atoms with Gasteiger partial charge in [0.25, 0.3) is 5.69 Å². The molecule has 0 fully saturated rings. The Hall–Kier alpha value is -1.07. The second-order valence-corrected chi connectivity index (χ2v) is 7.35. The van der Waals surface area contributed by atoms with Crippen LogP contribution in [0.3, 0.4) is 0 Å². The smallest absolute Gasteiger partial charge is 0.269 e. The van der Waals surface area contributed by atoms with Gasteiger partial charge in [0.1, 0.15) is 0 Å². The van der Waals surface area contributed by atoms with Crippen molar-refractivity contribution >= 4 is 17.7 Å². The van der Waals surface area contributed by atoms with Crippen LogP contribution >= 0.6 is 12.0 Å². The summed E-state index contributed by atoms with van der Waals surface area (Å²) in [6, 6.07) is 6.48. The molecule has 0 unspecified atom stereocenters. The molecule has 0 amide bonds. The van der Waals surface area contributed by atoms with Crippen LogP contribution in [0, 0.1) is 10.1 Å². The van der Waals surface area contributed by atoms with Crippen molar-refractivity contribution in [2.75, 3.05) is 0 Å². The standard InChI is InChI=1S/C18H29NO3S/c1-4-5-6-7-8-9-10-15-18(2,3)22-23-17-13-11-16(12-14-17)19(20)21/h11-14H,4-10,15H2,1-3H3. The summed E-state index contributed by atoms with van der Waals surface area (Å²) in [5.41, 5.74) is -0.0766. The summed E-state index contributed by atoms with van der Waals surface area (Å²) in [4.78, 5) is 11.1. The molecule has 0 bridgehead atoms. The first kappa shape index (κ1) is 20.0. The van der Waals surface area contributed by atoms with Gasteiger partial charge in [0, 0.05) is 29.1 Å². The van der Waals surface area contributed by atoms with Crippen LogP contribution in [0.25, 0.3) is 0 Å². The Morgan fingerprint density at radius 1 is 1.04 bits per heavy atom. The summed E-state index contributed by atoms with van der Waals surface area (Å²) < 4.78 is 5.91. The Morgan fingerprint density at radius 2 is 1.61 bits per heavy atom. The van der Waals surface area contributed by atoms with E-state index in [2.05, 4.69) is 20.8 Å². The van der Waals surface area contributed by atoms with Crippen molar-refractivity contribution in [1.29, 1.82) is 0 Å². The number of hydrogen-bond acceptors (Lipinski definition) is 4. The zero-order valence-corrected chi connectivity index (χ0v) is 15.4. The lowest BCUT2D eigenvalue weighted by atomic mass is 10.00. The highest BCUT2D eigenvalue weighted by atomic mass is 32.2. The first-order chi connectivity index (χ1) is 10.9. The third-order valence-electron chi connectivity index (χ3n) is 3.79. The fourth-order valence-electron chi connectivity index (χ4n) is 2.33. The monoisotopic (exact) mass is 339 g/mol. The molecular weight excluding hydrogens is 310 g/mol. The van der Waals surface area contributed by atoms with Crippen molar-refractivity contribution in [2.24, 2.45) is 0 Å². The van der Waals surface area contributed by atoms with Crippen LogP contribution in [0.4, 0.5) is 5.69 Å². The van der Waals surface area contributed by atoms with Crippen molar-refractivity contribution in [3.8, 4) is 0 Å². The van der Waals surface area contributed by atoms with Gasteiger partial charge in [-0.05, 0) is 32.4 Å². The molecule has 0 N–H and O–H groups in total. The average molecular weight is 340 g/mol. The molecule has 0 heterocycles. The SMILES string of the molecule is CCCCCCCCCC(C)(C)OSc1ccc([N+](=O)[O-])cc1. The highest BCUT2D eigenvalue weighted by Gasteiger charge is 2.19. The molecule has 0 aromatic heterocycles. The van der Waals surface area contributed by atoms with Crippen LogP contribution in [-0.4, -0.2) is 10.5 Å². The molecule has 0 atom stereocenters. The molecule has 0 aliphatic carbocycles.